The summed E-state index contributed by atoms with van der Waals surface area (Å²) in [5.74, 6) is 0. The van der Waals surface area contributed by atoms with Crippen LogP contribution in [0.2, 0.25) is 0 Å². The van der Waals surface area contributed by atoms with E-state index in [1.165, 1.54) is 22.1 Å². The van der Waals surface area contributed by atoms with E-state index >= 15 is 0 Å². The Labute approximate surface area is 71.3 Å². The summed E-state index contributed by atoms with van der Waals surface area (Å²) in [4.78, 5) is 2.47. The van der Waals surface area contributed by atoms with Crippen LogP contribution in [0.15, 0.2) is 0 Å². The fraction of sp³-hybridized carbons (Fsp3) is 1.00. The standard InChI is InChI=1S/C7H17IN2/c1-4-10(3)8-5-6-9(2)7-8/h4-7H2,1-3H3. The van der Waals surface area contributed by atoms with Gasteiger partial charge in [0.15, 0.2) is 0 Å². The van der Waals surface area contributed by atoms with Crippen molar-refractivity contribution < 1.29 is 0 Å². The van der Waals surface area contributed by atoms with Crippen molar-refractivity contribution in [2.75, 3.05) is 36.2 Å². The van der Waals surface area contributed by atoms with Gasteiger partial charge in [-0.15, -0.1) is 0 Å². The van der Waals surface area contributed by atoms with E-state index in [1.54, 1.807) is 0 Å². The van der Waals surface area contributed by atoms with Crippen molar-refractivity contribution in [3.8, 4) is 0 Å². The molecule has 1 saturated heterocycles. The van der Waals surface area contributed by atoms with E-state index in [9.17, 15) is 0 Å². The normalized spacial score (nSPS) is 24.6. The van der Waals surface area contributed by atoms with Crippen molar-refractivity contribution in [1.29, 1.82) is 0 Å². The van der Waals surface area contributed by atoms with Crippen LogP contribution in [0.5, 0.6) is 0 Å². The monoisotopic (exact) mass is 256 g/mol. The minimum absolute atomic E-state index is 0.639. The Kier molecular flexibility index (Phi) is 3.39. The molecule has 3 heteroatoms. The first-order valence-electron chi connectivity index (χ1n) is 3.75. The topological polar surface area (TPSA) is 6.48 Å². The van der Waals surface area contributed by atoms with E-state index in [0.29, 0.717) is 0 Å². The molecule has 0 amide bonds. The van der Waals surface area contributed by atoms with Gasteiger partial charge >= 0.3 is 71.2 Å². The number of rotatable bonds is 2. The number of halogens is 1. The summed E-state index contributed by atoms with van der Waals surface area (Å²) in [6, 6.07) is 0. The van der Waals surface area contributed by atoms with Gasteiger partial charge in [-0.05, 0) is 0 Å². The molecule has 1 heterocycles. The Bertz CT molecular complexity index is 108. The molecule has 0 N–H and O–H groups in total. The van der Waals surface area contributed by atoms with Crippen molar-refractivity contribution in [1.82, 2.24) is 8.01 Å². The molecule has 62 valence electrons. The summed E-state index contributed by atoms with van der Waals surface area (Å²) in [6.07, 6.45) is 0. The number of hydrogen-bond donors (Lipinski definition) is 0. The Hall–Kier alpha value is 0.650. The molecule has 0 aromatic rings. The van der Waals surface area contributed by atoms with Crippen molar-refractivity contribution in [3.63, 3.8) is 0 Å². The Morgan fingerprint density at radius 1 is 1.60 bits per heavy atom. The van der Waals surface area contributed by atoms with Gasteiger partial charge in [0.25, 0.3) is 0 Å². The van der Waals surface area contributed by atoms with Crippen LogP contribution in [0.25, 0.3) is 0 Å². The average molecular weight is 256 g/mol. The molecule has 0 unspecified atom stereocenters. The van der Waals surface area contributed by atoms with Gasteiger partial charge in [-0.3, -0.25) is 0 Å². The molecular formula is C7H17IN2. The zero-order chi connectivity index (χ0) is 7.56. The zero-order valence-corrected chi connectivity index (χ0v) is 9.26. The van der Waals surface area contributed by atoms with Crippen molar-refractivity contribution in [2.45, 2.75) is 6.92 Å². The van der Waals surface area contributed by atoms with Gasteiger partial charge in [0.2, 0.25) is 0 Å². The SMILES string of the molecule is CCN(C)I1CCN(C)C1. The Morgan fingerprint density at radius 3 is 2.70 bits per heavy atom. The molecule has 0 aliphatic carbocycles. The van der Waals surface area contributed by atoms with Crippen molar-refractivity contribution in [2.24, 2.45) is 0 Å². The third kappa shape index (κ3) is 2.07. The maximum absolute atomic E-state index is 2.59. The molecule has 1 aliphatic rings. The predicted molar refractivity (Wildman–Crippen MR) is 54.7 cm³/mol. The summed E-state index contributed by atoms with van der Waals surface area (Å²) in [5, 5.41) is 0. The average Bonchev–Trinajstić information content (AvgIpc) is 2.34. The molecule has 0 atom stereocenters. The first kappa shape index (κ1) is 8.74. The zero-order valence-electron chi connectivity index (χ0n) is 7.10. The summed E-state index contributed by atoms with van der Waals surface area (Å²) in [5.41, 5.74) is 0. The fourth-order valence-electron chi connectivity index (χ4n) is 1.00. The van der Waals surface area contributed by atoms with Gasteiger partial charge in [-0.25, -0.2) is 0 Å². The summed E-state index contributed by atoms with van der Waals surface area (Å²) >= 11 is -0.639. The van der Waals surface area contributed by atoms with Crippen molar-refractivity contribution in [3.05, 3.63) is 0 Å². The predicted octanol–water partition coefficient (Wildman–Crippen LogP) is 1.26. The van der Waals surface area contributed by atoms with Crippen LogP contribution in [-0.4, -0.2) is 44.2 Å². The molecule has 0 spiro atoms. The van der Waals surface area contributed by atoms with E-state index in [4.69, 9.17) is 0 Å². The van der Waals surface area contributed by atoms with Crippen molar-refractivity contribution >= 4 is 20.1 Å². The summed E-state index contributed by atoms with van der Waals surface area (Å²) in [6.45, 7) is 4.85. The summed E-state index contributed by atoms with van der Waals surface area (Å²) in [7, 11) is 4.52. The maximum atomic E-state index is 2.59. The summed E-state index contributed by atoms with van der Waals surface area (Å²) < 4.78 is 5.51. The molecule has 1 fully saturated rings. The fourth-order valence-corrected chi connectivity index (χ4v) is 6.72. The van der Waals surface area contributed by atoms with Gasteiger partial charge < -0.3 is 0 Å². The third-order valence-corrected chi connectivity index (χ3v) is 8.56. The second kappa shape index (κ2) is 3.88. The molecule has 2 nitrogen and oxygen atoms in total. The second-order valence-electron chi connectivity index (χ2n) is 2.74. The molecule has 0 bridgehead atoms. The van der Waals surface area contributed by atoms with Gasteiger partial charge in [0, 0.05) is 0 Å². The Morgan fingerprint density at radius 2 is 2.30 bits per heavy atom. The Balaban J connectivity index is 2.29. The first-order chi connectivity index (χ1) is 4.74. The first-order valence-corrected chi connectivity index (χ1v) is 7.77. The van der Waals surface area contributed by atoms with Gasteiger partial charge in [-0.1, -0.05) is 0 Å². The number of hydrogen-bond acceptors (Lipinski definition) is 2. The molecule has 0 radical (unpaired) electrons. The van der Waals surface area contributed by atoms with Gasteiger partial charge in [-0.2, -0.15) is 0 Å². The molecule has 0 aromatic heterocycles. The molecular weight excluding hydrogens is 239 g/mol. The van der Waals surface area contributed by atoms with Gasteiger partial charge in [0.05, 0.1) is 0 Å². The van der Waals surface area contributed by atoms with Crippen LogP contribution in [0.4, 0.5) is 0 Å². The minimum atomic E-state index is -0.639. The van der Waals surface area contributed by atoms with Gasteiger partial charge in [0.1, 0.15) is 0 Å². The molecule has 1 aliphatic heterocycles. The number of nitrogens with zero attached hydrogens (tertiary/aromatic N) is 2. The van der Waals surface area contributed by atoms with Crippen LogP contribution in [-0.2, 0) is 0 Å². The van der Waals surface area contributed by atoms with E-state index in [-0.39, 0.29) is 0 Å². The van der Waals surface area contributed by atoms with Crippen LogP contribution in [0.3, 0.4) is 0 Å². The van der Waals surface area contributed by atoms with Crippen LogP contribution in [0.1, 0.15) is 6.92 Å². The number of alkyl halides is 2. The van der Waals surface area contributed by atoms with Crippen LogP contribution in [0, 0.1) is 0 Å². The molecule has 1 rings (SSSR count). The van der Waals surface area contributed by atoms with Crippen LogP contribution < -0.4 is 0 Å². The van der Waals surface area contributed by atoms with E-state index in [1.807, 2.05) is 0 Å². The molecule has 0 aromatic carbocycles. The van der Waals surface area contributed by atoms with E-state index < -0.39 is 20.1 Å². The van der Waals surface area contributed by atoms with E-state index in [0.717, 1.165) is 0 Å². The van der Waals surface area contributed by atoms with Crippen LogP contribution >= 0.6 is 20.1 Å². The third-order valence-electron chi connectivity index (χ3n) is 1.87. The molecule has 0 saturated carbocycles. The quantitative estimate of drug-likeness (QED) is 0.317. The van der Waals surface area contributed by atoms with E-state index in [2.05, 4.69) is 29.0 Å². The second-order valence-corrected chi connectivity index (χ2v) is 8.59. The molecule has 10 heavy (non-hydrogen) atoms.